The van der Waals surface area contributed by atoms with Gasteiger partial charge in [0, 0.05) is 19.4 Å². The second-order valence-electron chi connectivity index (χ2n) is 6.11. The van der Waals surface area contributed by atoms with E-state index in [0.29, 0.717) is 24.3 Å². The summed E-state index contributed by atoms with van der Waals surface area (Å²) in [5.41, 5.74) is 0. The monoisotopic (exact) mass is 319 g/mol. The van der Waals surface area contributed by atoms with Crippen LogP contribution >= 0.6 is 0 Å². The van der Waals surface area contributed by atoms with E-state index >= 15 is 0 Å². The van der Waals surface area contributed by atoms with Crippen molar-refractivity contribution in [2.45, 2.75) is 37.5 Å². The first kappa shape index (κ1) is 15.8. The smallest absolute Gasteiger partial charge is 0.266 e. The molecule has 2 aliphatic rings. The predicted molar refractivity (Wildman–Crippen MR) is 82.3 cm³/mol. The van der Waals surface area contributed by atoms with Gasteiger partial charge in [0.1, 0.15) is 23.3 Å². The molecule has 0 unspecified atom stereocenters. The molecule has 1 aromatic rings. The molecule has 1 saturated carbocycles. The largest absolute Gasteiger partial charge is 0.497 e. The van der Waals surface area contributed by atoms with Gasteiger partial charge in [0.15, 0.2) is 6.10 Å². The fourth-order valence-corrected chi connectivity index (χ4v) is 3.39. The van der Waals surface area contributed by atoms with Crippen LogP contribution in [0.3, 0.4) is 0 Å². The highest BCUT2D eigenvalue weighted by molar-refractivity contribution is 5.90. The molecule has 6 heteroatoms. The van der Waals surface area contributed by atoms with Crippen molar-refractivity contribution in [3.05, 3.63) is 24.3 Å². The van der Waals surface area contributed by atoms with E-state index in [9.17, 15) is 14.7 Å². The number of amides is 1. The zero-order valence-electron chi connectivity index (χ0n) is 13.3. The lowest BCUT2D eigenvalue weighted by molar-refractivity contribution is -0.173. The molecular formula is C17H21NO5. The number of ether oxygens (including phenoxy) is 2. The second-order valence-corrected chi connectivity index (χ2v) is 6.11. The van der Waals surface area contributed by atoms with E-state index in [4.69, 9.17) is 9.47 Å². The van der Waals surface area contributed by atoms with Crippen molar-refractivity contribution in [1.82, 2.24) is 4.90 Å². The van der Waals surface area contributed by atoms with Crippen LogP contribution in [0.2, 0.25) is 0 Å². The lowest BCUT2D eigenvalue weighted by Crippen LogP contribution is -2.70. The molecule has 1 N–H and O–H groups in total. The van der Waals surface area contributed by atoms with E-state index in [-0.39, 0.29) is 11.7 Å². The van der Waals surface area contributed by atoms with Crippen LogP contribution in [0.25, 0.3) is 0 Å². The number of aliphatic hydroxyl groups excluding tert-OH is 1. The third-order valence-electron chi connectivity index (χ3n) is 4.78. The Morgan fingerprint density at radius 2 is 1.87 bits per heavy atom. The number of carbonyl (C=O) groups excluding carboxylic acids is 2. The Labute approximate surface area is 135 Å². The van der Waals surface area contributed by atoms with Gasteiger partial charge in [0.05, 0.1) is 13.2 Å². The molecule has 1 saturated heterocycles. The Morgan fingerprint density at radius 3 is 2.43 bits per heavy atom. The SMILES string of the molecule is COc1ccc(O[C@H]2C(=O)N(C)[C@H]2[C@H](O)[C@@H]2CCCC2=O)cc1. The third kappa shape index (κ3) is 2.79. The van der Waals surface area contributed by atoms with Gasteiger partial charge in [-0.2, -0.15) is 0 Å². The summed E-state index contributed by atoms with van der Waals surface area (Å²) >= 11 is 0. The quantitative estimate of drug-likeness (QED) is 0.820. The highest BCUT2D eigenvalue weighted by atomic mass is 16.5. The minimum Gasteiger partial charge on any atom is -0.497 e. The Hall–Kier alpha value is -2.08. The minimum atomic E-state index is -0.879. The minimum absolute atomic E-state index is 0.0773. The van der Waals surface area contributed by atoms with Crippen molar-refractivity contribution in [3.8, 4) is 11.5 Å². The zero-order valence-corrected chi connectivity index (χ0v) is 13.3. The fraction of sp³-hybridized carbons (Fsp3) is 0.529. The number of ketones is 1. The Balaban J connectivity index is 1.71. The first-order chi connectivity index (χ1) is 11.0. The maximum absolute atomic E-state index is 12.1. The van der Waals surface area contributed by atoms with Crippen LogP contribution in [-0.2, 0) is 9.59 Å². The number of Topliss-reactive ketones (excluding diaryl/α,β-unsaturated/α-hetero) is 1. The molecule has 6 nitrogen and oxygen atoms in total. The lowest BCUT2D eigenvalue weighted by Gasteiger charge is -2.47. The number of rotatable bonds is 5. The fourth-order valence-electron chi connectivity index (χ4n) is 3.39. The molecule has 0 spiro atoms. The maximum Gasteiger partial charge on any atom is 0.266 e. The van der Waals surface area contributed by atoms with Crippen molar-refractivity contribution in [2.24, 2.45) is 5.92 Å². The summed E-state index contributed by atoms with van der Waals surface area (Å²) in [6.07, 6.45) is 0.353. The molecule has 1 amide bonds. The molecule has 1 aliphatic heterocycles. The standard InChI is InChI=1S/C17H21NO5/c1-18-14(15(20)12-4-3-5-13(12)19)16(17(18)21)23-11-8-6-10(22-2)7-9-11/h6-9,12,14-16,20H,3-5H2,1-2H3/t12-,14+,15-,16-/m1/s1. The van der Waals surface area contributed by atoms with Gasteiger partial charge in [-0.1, -0.05) is 0 Å². The summed E-state index contributed by atoms with van der Waals surface area (Å²) < 4.78 is 10.8. The second kappa shape index (κ2) is 6.20. The number of hydrogen-bond donors (Lipinski definition) is 1. The molecule has 0 aromatic heterocycles. The summed E-state index contributed by atoms with van der Waals surface area (Å²) in [5.74, 6) is 0.732. The lowest BCUT2D eigenvalue weighted by atomic mass is 9.84. The van der Waals surface area contributed by atoms with Crippen molar-refractivity contribution in [3.63, 3.8) is 0 Å². The third-order valence-corrected chi connectivity index (χ3v) is 4.78. The van der Waals surface area contributed by atoms with E-state index in [1.165, 1.54) is 4.90 Å². The van der Waals surface area contributed by atoms with Crippen LogP contribution in [0.1, 0.15) is 19.3 Å². The first-order valence-corrected chi connectivity index (χ1v) is 7.81. The zero-order chi connectivity index (χ0) is 16.6. The van der Waals surface area contributed by atoms with Crippen LogP contribution < -0.4 is 9.47 Å². The summed E-state index contributed by atoms with van der Waals surface area (Å²) in [7, 11) is 3.20. The van der Waals surface area contributed by atoms with E-state index in [1.54, 1.807) is 38.4 Å². The summed E-state index contributed by atoms with van der Waals surface area (Å²) in [6.45, 7) is 0. The van der Waals surface area contributed by atoms with Gasteiger partial charge in [0.2, 0.25) is 0 Å². The predicted octanol–water partition coefficient (Wildman–Crippen LogP) is 1.01. The van der Waals surface area contributed by atoms with Gasteiger partial charge < -0.3 is 19.5 Å². The van der Waals surface area contributed by atoms with Crippen LogP contribution in [0.15, 0.2) is 24.3 Å². The topological polar surface area (TPSA) is 76.1 Å². The van der Waals surface area contributed by atoms with E-state index in [2.05, 4.69) is 0 Å². The first-order valence-electron chi connectivity index (χ1n) is 7.81. The normalized spacial score (nSPS) is 28.5. The number of hydrogen-bond acceptors (Lipinski definition) is 5. The maximum atomic E-state index is 12.1. The highest BCUT2D eigenvalue weighted by Crippen LogP contribution is 2.34. The van der Waals surface area contributed by atoms with Gasteiger partial charge in [-0.25, -0.2) is 0 Å². The molecule has 4 atom stereocenters. The van der Waals surface area contributed by atoms with Gasteiger partial charge in [-0.3, -0.25) is 9.59 Å². The molecule has 0 radical (unpaired) electrons. The van der Waals surface area contributed by atoms with Crippen molar-refractivity contribution >= 4 is 11.7 Å². The molecule has 0 bridgehead atoms. The molecule has 1 aromatic carbocycles. The van der Waals surface area contributed by atoms with Gasteiger partial charge >= 0.3 is 0 Å². The summed E-state index contributed by atoms with van der Waals surface area (Å²) in [4.78, 5) is 25.4. The van der Waals surface area contributed by atoms with Crippen LogP contribution in [0.5, 0.6) is 11.5 Å². The molecule has 1 aliphatic carbocycles. The molecular weight excluding hydrogens is 298 g/mol. The number of aliphatic hydroxyl groups is 1. The Morgan fingerprint density at radius 1 is 1.22 bits per heavy atom. The van der Waals surface area contributed by atoms with Crippen LogP contribution in [0, 0.1) is 5.92 Å². The van der Waals surface area contributed by atoms with Crippen molar-refractivity contribution in [2.75, 3.05) is 14.2 Å². The molecule has 23 heavy (non-hydrogen) atoms. The molecule has 1 heterocycles. The van der Waals surface area contributed by atoms with Crippen LogP contribution in [-0.4, -0.2) is 54.1 Å². The van der Waals surface area contributed by atoms with Gasteiger partial charge in [-0.05, 0) is 37.1 Å². The molecule has 124 valence electrons. The number of likely N-dealkylation sites (tertiary alicyclic amines) is 1. The highest BCUT2D eigenvalue weighted by Gasteiger charge is 2.53. The number of methoxy groups -OCH3 is 1. The van der Waals surface area contributed by atoms with E-state index in [1.807, 2.05) is 0 Å². The number of nitrogens with zero attached hydrogens (tertiary/aromatic N) is 1. The van der Waals surface area contributed by atoms with Gasteiger partial charge in [-0.15, -0.1) is 0 Å². The molecule has 2 fully saturated rings. The number of benzene rings is 1. The van der Waals surface area contributed by atoms with Crippen molar-refractivity contribution < 1.29 is 24.2 Å². The van der Waals surface area contributed by atoms with E-state index < -0.39 is 24.2 Å². The number of carbonyl (C=O) groups is 2. The van der Waals surface area contributed by atoms with Crippen molar-refractivity contribution in [1.29, 1.82) is 0 Å². The number of likely N-dealkylation sites (N-methyl/N-ethyl adjacent to an activating group) is 1. The van der Waals surface area contributed by atoms with Crippen LogP contribution in [0.4, 0.5) is 0 Å². The molecule has 3 rings (SSSR count). The summed E-state index contributed by atoms with van der Waals surface area (Å²) in [6, 6.07) is 6.43. The summed E-state index contributed by atoms with van der Waals surface area (Å²) in [5, 5.41) is 10.5. The van der Waals surface area contributed by atoms with Gasteiger partial charge in [0.25, 0.3) is 5.91 Å². The Kier molecular flexibility index (Phi) is 4.26. The number of β-lactam (4-membered cyclic amide) rings is 1. The average molecular weight is 319 g/mol. The Bertz CT molecular complexity index is 600. The average Bonchev–Trinajstić information content (AvgIpc) is 3.00. The van der Waals surface area contributed by atoms with E-state index in [0.717, 1.165) is 6.42 Å².